The first kappa shape index (κ1) is 10.4. The molecule has 2 atom stereocenters. The average molecular weight is 199 g/mol. The molecular formula is C11H21NO2. The van der Waals surface area contributed by atoms with Crippen LogP contribution in [-0.2, 0) is 9.47 Å². The molecule has 1 N–H and O–H groups in total. The quantitative estimate of drug-likeness (QED) is 0.694. The van der Waals surface area contributed by atoms with Gasteiger partial charge in [-0.3, -0.25) is 5.32 Å². The van der Waals surface area contributed by atoms with Gasteiger partial charge in [-0.15, -0.1) is 0 Å². The summed E-state index contributed by atoms with van der Waals surface area (Å²) in [5.74, 6) is 0.498. The van der Waals surface area contributed by atoms with Gasteiger partial charge in [0, 0.05) is 18.1 Å². The summed E-state index contributed by atoms with van der Waals surface area (Å²) < 4.78 is 11.4. The van der Waals surface area contributed by atoms with E-state index in [2.05, 4.69) is 26.1 Å². The number of hydrogen-bond acceptors (Lipinski definition) is 3. The fourth-order valence-electron chi connectivity index (χ4n) is 2.47. The fourth-order valence-corrected chi connectivity index (χ4v) is 2.47. The van der Waals surface area contributed by atoms with Crippen molar-refractivity contribution in [3.63, 3.8) is 0 Å². The molecule has 0 aliphatic carbocycles. The first-order valence-electron chi connectivity index (χ1n) is 5.53. The molecule has 2 aliphatic heterocycles. The molecular weight excluding hydrogens is 178 g/mol. The maximum absolute atomic E-state index is 5.90. The van der Waals surface area contributed by atoms with Gasteiger partial charge in [0.1, 0.15) is 5.72 Å². The highest BCUT2D eigenvalue weighted by Gasteiger charge is 2.45. The van der Waals surface area contributed by atoms with Crippen molar-refractivity contribution in [1.82, 2.24) is 5.32 Å². The van der Waals surface area contributed by atoms with Crippen molar-refractivity contribution >= 4 is 0 Å². The van der Waals surface area contributed by atoms with Gasteiger partial charge >= 0.3 is 0 Å². The van der Waals surface area contributed by atoms with Crippen LogP contribution in [0.4, 0.5) is 0 Å². The largest absolute Gasteiger partial charge is 0.381 e. The Morgan fingerprint density at radius 3 is 2.57 bits per heavy atom. The van der Waals surface area contributed by atoms with Crippen LogP contribution in [0.15, 0.2) is 0 Å². The Morgan fingerprint density at radius 1 is 1.29 bits per heavy atom. The molecule has 2 saturated heterocycles. The molecule has 0 radical (unpaired) electrons. The van der Waals surface area contributed by atoms with Crippen molar-refractivity contribution in [3.05, 3.63) is 0 Å². The highest BCUT2D eigenvalue weighted by Crippen LogP contribution is 2.33. The molecule has 0 saturated carbocycles. The number of nitrogens with one attached hydrogen (secondary N) is 1. The molecule has 0 amide bonds. The Balaban J connectivity index is 2.01. The molecule has 82 valence electrons. The summed E-state index contributed by atoms with van der Waals surface area (Å²) in [5.41, 5.74) is -0.0733. The van der Waals surface area contributed by atoms with Gasteiger partial charge in [0.25, 0.3) is 0 Å². The van der Waals surface area contributed by atoms with E-state index in [1.54, 1.807) is 0 Å². The lowest BCUT2D eigenvalue weighted by Crippen LogP contribution is -2.53. The third kappa shape index (κ3) is 1.95. The lowest BCUT2D eigenvalue weighted by molar-refractivity contribution is -0.0917. The van der Waals surface area contributed by atoms with E-state index in [1.807, 2.05) is 0 Å². The molecule has 0 aromatic carbocycles. The lowest BCUT2D eigenvalue weighted by atomic mass is 9.91. The van der Waals surface area contributed by atoms with Crippen molar-refractivity contribution in [2.75, 3.05) is 19.8 Å². The van der Waals surface area contributed by atoms with Crippen LogP contribution < -0.4 is 5.32 Å². The zero-order valence-corrected chi connectivity index (χ0v) is 9.43. The molecule has 0 bridgehead atoms. The van der Waals surface area contributed by atoms with E-state index in [0.29, 0.717) is 5.92 Å². The van der Waals surface area contributed by atoms with Gasteiger partial charge in [-0.2, -0.15) is 0 Å². The van der Waals surface area contributed by atoms with E-state index < -0.39 is 0 Å². The SMILES string of the molecule is CC1(C)COC(C)(C2CCCOC2)N1. The van der Waals surface area contributed by atoms with Gasteiger partial charge in [0.05, 0.1) is 13.2 Å². The van der Waals surface area contributed by atoms with Gasteiger partial charge in [-0.05, 0) is 33.6 Å². The van der Waals surface area contributed by atoms with Crippen LogP contribution in [0.25, 0.3) is 0 Å². The van der Waals surface area contributed by atoms with E-state index in [-0.39, 0.29) is 11.3 Å². The first-order chi connectivity index (χ1) is 6.52. The second-order valence-electron chi connectivity index (χ2n) is 5.32. The predicted octanol–water partition coefficient (Wildman–Crippen LogP) is 1.53. The Morgan fingerprint density at radius 2 is 2.07 bits per heavy atom. The number of ether oxygens (including phenoxy) is 2. The van der Waals surface area contributed by atoms with Gasteiger partial charge in [-0.1, -0.05) is 0 Å². The smallest absolute Gasteiger partial charge is 0.122 e. The molecule has 2 heterocycles. The van der Waals surface area contributed by atoms with Crippen molar-refractivity contribution in [2.45, 2.75) is 44.9 Å². The molecule has 3 heteroatoms. The summed E-state index contributed by atoms with van der Waals surface area (Å²) in [7, 11) is 0. The molecule has 14 heavy (non-hydrogen) atoms. The van der Waals surface area contributed by atoms with E-state index in [9.17, 15) is 0 Å². The molecule has 0 spiro atoms. The highest BCUT2D eigenvalue weighted by atomic mass is 16.5. The molecule has 2 fully saturated rings. The van der Waals surface area contributed by atoms with Gasteiger partial charge in [-0.25, -0.2) is 0 Å². The topological polar surface area (TPSA) is 30.5 Å². The summed E-state index contributed by atoms with van der Waals surface area (Å²) >= 11 is 0. The van der Waals surface area contributed by atoms with E-state index >= 15 is 0 Å². The highest BCUT2D eigenvalue weighted by molar-refractivity contribution is 4.96. The number of hydrogen-bond donors (Lipinski definition) is 1. The monoisotopic (exact) mass is 199 g/mol. The van der Waals surface area contributed by atoms with Crippen LogP contribution in [0.2, 0.25) is 0 Å². The summed E-state index contributed by atoms with van der Waals surface area (Å²) in [6.45, 7) is 9.06. The van der Waals surface area contributed by atoms with Crippen LogP contribution in [0.1, 0.15) is 33.6 Å². The predicted molar refractivity (Wildman–Crippen MR) is 55.1 cm³/mol. The minimum absolute atomic E-state index is 0.103. The van der Waals surface area contributed by atoms with Crippen molar-refractivity contribution in [2.24, 2.45) is 5.92 Å². The van der Waals surface area contributed by atoms with Gasteiger partial charge in [0.15, 0.2) is 0 Å². The fraction of sp³-hybridized carbons (Fsp3) is 1.00. The molecule has 2 aliphatic rings. The average Bonchev–Trinajstić information content (AvgIpc) is 2.44. The Labute approximate surface area is 86.2 Å². The summed E-state index contributed by atoms with van der Waals surface area (Å²) in [6.07, 6.45) is 2.37. The maximum atomic E-state index is 5.90. The standard InChI is InChI=1S/C11H21NO2/c1-10(2)8-14-11(3,12-10)9-5-4-6-13-7-9/h9,12H,4-8H2,1-3H3. The molecule has 0 aromatic rings. The van der Waals surface area contributed by atoms with Crippen molar-refractivity contribution in [3.8, 4) is 0 Å². The van der Waals surface area contributed by atoms with Crippen molar-refractivity contribution < 1.29 is 9.47 Å². The second kappa shape index (κ2) is 3.47. The number of rotatable bonds is 1. The van der Waals surface area contributed by atoms with Crippen LogP contribution in [0.3, 0.4) is 0 Å². The van der Waals surface area contributed by atoms with E-state index in [4.69, 9.17) is 9.47 Å². The second-order valence-corrected chi connectivity index (χ2v) is 5.32. The zero-order chi connectivity index (χ0) is 10.2. The van der Waals surface area contributed by atoms with E-state index in [1.165, 1.54) is 6.42 Å². The Kier molecular flexibility index (Phi) is 2.58. The Hall–Kier alpha value is -0.120. The minimum atomic E-state index is -0.177. The van der Waals surface area contributed by atoms with Crippen LogP contribution >= 0.6 is 0 Å². The molecule has 2 rings (SSSR count). The third-order valence-corrected chi connectivity index (χ3v) is 3.26. The van der Waals surface area contributed by atoms with Crippen LogP contribution in [-0.4, -0.2) is 31.1 Å². The molecule has 0 aromatic heterocycles. The summed E-state index contributed by atoms with van der Waals surface area (Å²) in [5, 5.41) is 3.57. The molecule has 2 unspecified atom stereocenters. The van der Waals surface area contributed by atoms with Gasteiger partial charge < -0.3 is 9.47 Å². The van der Waals surface area contributed by atoms with Crippen LogP contribution in [0.5, 0.6) is 0 Å². The zero-order valence-electron chi connectivity index (χ0n) is 9.43. The first-order valence-corrected chi connectivity index (χ1v) is 5.53. The normalized spacial score (nSPS) is 42.6. The lowest BCUT2D eigenvalue weighted by Gasteiger charge is -2.37. The van der Waals surface area contributed by atoms with E-state index in [0.717, 1.165) is 26.2 Å². The summed E-state index contributed by atoms with van der Waals surface area (Å²) in [6, 6.07) is 0. The molecule has 3 nitrogen and oxygen atoms in total. The Bertz CT molecular complexity index is 211. The van der Waals surface area contributed by atoms with Crippen LogP contribution in [0, 0.1) is 5.92 Å². The van der Waals surface area contributed by atoms with Gasteiger partial charge in [0.2, 0.25) is 0 Å². The minimum Gasteiger partial charge on any atom is -0.381 e. The van der Waals surface area contributed by atoms with Crippen molar-refractivity contribution in [1.29, 1.82) is 0 Å². The third-order valence-electron chi connectivity index (χ3n) is 3.26. The maximum Gasteiger partial charge on any atom is 0.122 e. The summed E-state index contributed by atoms with van der Waals surface area (Å²) in [4.78, 5) is 0.